The van der Waals surface area contributed by atoms with Crippen LogP contribution in [0.15, 0.2) is 18.2 Å². The van der Waals surface area contributed by atoms with Gasteiger partial charge in [-0.1, -0.05) is 13.8 Å². The summed E-state index contributed by atoms with van der Waals surface area (Å²) in [4.78, 5) is 0. The summed E-state index contributed by atoms with van der Waals surface area (Å²) >= 11 is 0. The van der Waals surface area contributed by atoms with Crippen molar-refractivity contribution in [3.05, 3.63) is 29.6 Å². The second-order valence-electron chi connectivity index (χ2n) is 5.57. The molecule has 1 N–H and O–H groups in total. The van der Waals surface area contributed by atoms with Gasteiger partial charge in [-0.05, 0) is 61.8 Å². The molecule has 3 unspecified atom stereocenters. The van der Waals surface area contributed by atoms with Crippen molar-refractivity contribution in [2.24, 2.45) is 11.8 Å². The van der Waals surface area contributed by atoms with Crippen LogP contribution in [0, 0.1) is 24.6 Å². The Morgan fingerprint density at radius 1 is 1.18 bits per heavy atom. The van der Waals surface area contributed by atoms with Crippen LogP contribution in [-0.4, -0.2) is 6.04 Å². The molecule has 0 saturated heterocycles. The van der Waals surface area contributed by atoms with E-state index in [9.17, 15) is 4.39 Å². The van der Waals surface area contributed by atoms with Crippen LogP contribution >= 0.6 is 0 Å². The minimum absolute atomic E-state index is 0.154. The van der Waals surface area contributed by atoms with Gasteiger partial charge in [-0.3, -0.25) is 0 Å². The Labute approximate surface area is 103 Å². The zero-order valence-corrected chi connectivity index (χ0v) is 11.0. The molecule has 0 radical (unpaired) electrons. The molecule has 1 aliphatic rings. The normalized spacial score (nSPS) is 29.1. The lowest BCUT2D eigenvalue weighted by atomic mass is 9.79. The van der Waals surface area contributed by atoms with Crippen LogP contribution < -0.4 is 5.32 Å². The fraction of sp³-hybridized carbons (Fsp3) is 0.600. The molecule has 1 aromatic rings. The summed E-state index contributed by atoms with van der Waals surface area (Å²) in [7, 11) is 0. The third kappa shape index (κ3) is 2.99. The summed E-state index contributed by atoms with van der Waals surface area (Å²) in [6.07, 6.45) is 3.74. The van der Waals surface area contributed by atoms with Crippen LogP contribution in [0.25, 0.3) is 0 Å². The molecule has 17 heavy (non-hydrogen) atoms. The van der Waals surface area contributed by atoms with E-state index in [1.54, 1.807) is 6.07 Å². The highest BCUT2D eigenvalue weighted by Gasteiger charge is 2.24. The largest absolute Gasteiger partial charge is 0.382 e. The van der Waals surface area contributed by atoms with Crippen LogP contribution in [0.2, 0.25) is 0 Å². The van der Waals surface area contributed by atoms with Crippen molar-refractivity contribution in [2.45, 2.75) is 46.1 Å². The number of hydrogen-bond acceptors (Lipinski definition) is 1. The highest BCUT2D eigenvalue weighted by molar-refractivity contribution is 5.51. The number of benzene rings is 1. The summed E-state index contributed by atoms with van der Waals surface area (Å²) in [5, 5.41) is 3.56. The van der Waals surface area contributed by atoms with Gasteiger partial charge in [0.15, 0.2) is 0 Å². The zero-order chi connectivity index (χ0) is 12.4. The fourth-order valence-corrected chi connectivity index (χ4v) is 2.69. The first-order valence-electron chi connectivity index (χ1n) is 6.59. The Morgan fingerprint density at radius 2 is 1.94 bits per heavy atom. The summed E-state index contributed by atoms with van der Waals surface area (Å²) in [5.41, 5.74) is 2.08. The molecule has 94 valence electrons. The van der Waals surface area contributed by atoms with E-state index in [0.29, 0.717) is 6.04 Å². The second-order valence-corrected chi connectivity index (χ2v) is 5.57. The van der Waals surface area contributed by atoms with Crippen LogP contribution in [0.5, 0.6) is 0 Å². The molecule has 3 atom stereocenters. The van der Waals surface area contributed by atoms with Gasteiger partial charge < -0.3 is 5.32 Å². The van der Waals surface area contributed by atoms with Gasteiger partial charge >= 0.3 is 0 Å². The number of anilines is 1. The van der Waals surface area contributed by atoms with Gasteiger partial charge in [0.1, 0.15) is 5.82 Å². The Kier molecular flexibility index (Phi) is 3.70. The molecule has 0 spiro atoms. The lowest BCUT2D eigenvalue weighted by molar-refractivity contribution is 0.261. The molecule has 0 aliphatic heterocycles. The topological polar surface area (TPSA) is 12.0 Å². The van der Waals surface area contributed by atoms with Gasteiger partial charge in [0.2, 0.25) is 0 Å². The monoisotopic (exact) mass is 235 g/mol. The van der Waals surface area contributed by atoms with Crippen LogP contribution in [-0.2, 0) is 0 Å². The van der Waals surface area contributed by atoms with Crippen molar-refractivity contribution < 1.29 is 4.39 Å². The van der Waals surface area contributed by atoms with Gasteiger partial charge in [0.25, 0.3) is 0 Å². The third-order valence-electron chi connectivity index (χ3n) is 4.15. The minimum Gasteiger partial charge on any atom is -0.382 e. The summed E-state index contributed by atoms with van der Waals surface area (Å²) in [6, 6.07) is 5.53. The highest BCUT2D eigenvalue weighted by atomic mass is 19.1. The molecule has 0 aromatic heterocycles. The number of aryl methyl sites for hydroxylation is 1. The number of nitrogens with one attached hydrogen (secondary N) is 1. The van der Waals surface area contributed by atoms with Crippen molar-refractivity contribution in [3.63, 3.8) is 0 Å². The first-order valence-corrected chi connectivity index (χ1v) is 6.59. The number of halogens is 1. The number of rotatable bonds is 2. The minimum atomic E-state index is -0.154. The van der Waals surface area contributed by atoms with E-state index in [4.69, 9.17) is 0 Å². The Morgan fingerprint density at radius 3 is 2.59 bits per heavy atom. The van der Waals surface area contributed by atoms with Crippen molar-refractivity contribution in [1.29, 1.82) is 0 Å². The molecule has 1 nitrogen and oxygen atoms in total. The van der Waals surface area contributed by atoms with E-state index >= 15 is 0 Å². The predicted octanol–water partition coefficient (Wildman–Crippen LogP) is 4.37. The van der Waals surface area contributed by atoms with E-state index in [0.717, 1.165) is 23.1 Å². The Hall–Kier alpha value is -1.05. The van der Waals surface area contributed by atoms with Gasteiger partial charge in [-0.15, -0.1) is 0 Å². The first-order chi connectivity index (χ1) is 8.06. The van der Waals surface area contributed by atoms with E-state index in [2.05, 4.69) is 19.2 Å². The maximum Gasteiger partial charge on any atom is 0.123 e. The van der Waals surface area contributed by atoms with Crippen molar-refractivity contribution in [1.82, 2.24) is 0 Å². The van der Waals surface area contributed by atoms with Crippen LogP contribution in [0.1, 0.15) is 38.7 Å². The zero-order valence-electron chi connectivity index (χ0n) is 11.0. The van der Waals surface area contributed by atoms with Crippen molar-refractivity contribution >= 4 is 5.69 Å². The standard InChI is InChI=1S/C15H22FN/c1-10-4-6-14(9-11(10)2)17-15-7-5-13(16)8-12(15)3/h5,7-8,10-11,14,17H,4,6,9H2,1-3H3. The molecule has 0 amide bonds. The second kappa shape index (κ2) is 5.07. The SMILES string of the molecule is Cc1cc(F)ccc1NC1CCC(C)C(C)C1. The predicted molar refractivity (Wildman–Crippen MR) is 70.7 cm³/mol. The molecular weight excluding hydrogens is 213 g/mol. The maximum absolute atomic E-state index is 13.0. The van der Waals surface area contributed by atoms with E-state index in [-0.39, 0.29) is 5.82 Å². The van der Waals surface area contributed by atoms with E-state index in [1.807, 2.05) is 13.0 Å². The number of hydrogen-bond donors (Lipinski definition) is 1. The van der Waals surface area contributed by atoms with Crippen LogP contribution in [0.3, 0.4) is 0 Å². The lowest BCUT2D eigenvalue weighted by Gasteiger charge is -2.33. The molecule has 0 bridgehead atoms. The highest BCUT2D eigenvalue weighted by Crippen LogP contribution is 2.31. The molecule has 1 saturated carbocycles. The summed E-state index contributed by atoms with van der Waals surface area (Å²) in [6.45, 7) is 6.63. The lowest BCUT2D eigenvalue weighted by Crippen LogP contribution is -2.30. The van der Waals surface area contributed by atoms with Crippen molar-refractivity contribution in [3.8, 4) is 0 Å². The Bertz CT molecular complexity index is 389. The first kappa shape index (κ1) is 12.4. The van der Waals surface area contributed by atoms with E-state index in [1.165, 1.54) is 25.3 Å². The van der Waals surface area contributed by atoms with Gasteiger partial charge in [-0.25, -0.2) is 4.39 Å². The molecule has 1 aromatic carbocycles. The smallest absolute Gasteiger partial charge is 0.123 e. The molecule has 2 rings (SSSR count). The molecule has 2 heteroatoms. The molecule has 1 fully saturated rings. The van der Waals surface area contributed by atoms with Gasteiger partial charge in [0.05, 0.1) is 0 Å². The van der Waals surface area contributed by atoms with Gasteiger partial charge in [-0.2, -0.15) is 0 Å². The average molecular weight is 235 g/mol. The van der Waals surface area contributed by atoms with Crippen LogP contribution in [0.4, 0.5) is 10.1 Å². The summed E-state index contributed by atoms with van der Waals surface area (Å²) < 4.78 is 13.0. The fourth-order valence-electron chi connectivity index (χ4n) is 2.69. The average Bonchev–Trinajstić information content (AvgIpc) is 2.27. The molecular formula is C15H22FN. The van der Waals surface area contributed by atoms with Crippen molar-refractivity contribution in [2.75, 3.05) is 5.32 Å². The quantitative estimate of drug-likeness (QED) is 0.802. The third-order valence-corrected chi connectivity index (χ3v) is 4.15. The van der Waals surface area contributed by atoms with Gasteiger partial charge in [0, 0.05) is 11.7 Å². The molecule has 0 heterocycles. The maximum atomic E-state index is 13.0. The van der Waals surface area contributed by atoms with E-state index < -0.39 is 0 Å². The Balaban J connectivity index is 2.01. The molecule has 1 aliphatic carbocycles. The summed E-state index contributed by atoms with van der Waals surface area (Å²) in [5.74, 6) is 1.46.